The quantitative estimate of drug-likeness (QED) is 0.705. The maximum Gasteiger partial charge on any atom is 0.255 e. The number of halogens is 1. The van der Waals surface area contributed by atoms with E-state index in [1.165, 1.54) is 0 Å². The number of nitrogens with two attached hydrogens (primary N) is 2. The molecule has 4 N–H and O–H groups in total. The van der Waals surface area contributed by atoms with Gasteiger partial charge in [0.2, 0.25) is 5.95 Å². The lowest BCUT2D eigenvalue weighted by molar-refractivity contribution is 0.0747. The molecule has 1 aliphatic rings. The van der Waals surface area contributed by atoms with Crippen LogP contribution in [0.5, 0.6) is 0 Å². The summed E-state index contributed by atoms with van der Waals surface area (Å²) < 4.78 is 0. The molecule has 138 valence electrons. The Morgan fingerprint density at radius 3 is 2.44 bits per heavy atom. The molecule has 1 aromatic heterocycles. The van der Waals surface area contributed by atoms with Gasteiger partial charge in [-0.05, 0) is 24.3 Å². The molecule has 0 atom stereocenters. The van der Waals surface area contributed by atoms with Gasteiger partial charge in [0.05, 0.1) is 27.2 Å². The van der Waals surface area contributed by atoms with Crippen molar-refractivity contribution in [2.24, 2.45) is 0 Å². The number of aromatic nitrogens is 2. The number of anilines is 3. The van der Waals surface area contributed by atoms with E-state index in [2.05, 4.69) is 14.9 Å². The Morgan fingerprint density at radius 2 is 1.70 bits per heavy atom. The van der Waals surface area contributed by atoms with Gasteiger partial charge in [0.1, 0.15) is 5.82 Å². The Morgan fingerprint density at radius 1 is 0.963 bits per heavy atom. The SMILES string of the molecule is Nc1nc(N)c2c(N3CCN(C(=O)c4ccccc4Cl)CC3)cccc2n1. The smallest absolute Gasteiger partial charge is 0.255 e. The highest BCUT2D eigenvalue weighted by Crippen LogP contribution is 2.31. The number of fused-ring (bicyclic) bond motifs is 1. The van der Waals surface area contributed by atoms with Crippen molar-refractivity contribution in [1.82, 2.24) is 14.9 Å². The number of benzene rings is 2. The van der Waals surface area contributed by atoms with Crippen LogP contribution in [0.3, 0.4) is 0 Å². The maximum atomic E-state index is 12.7. The summed E-state index contributed by atoms with van der Waals surface area (Å²) in [7, 11) is 0. The van der Waals surface area contributed by atoms with Crippen LogP contribution in [0, 0.1) is 0 Å². The standard InChI is InChI=1S/C19H19ClN6O/c20-13-5-2-1-4-12(13)18(27)26-10-8-25(9-11-26)15-7-3-6-14-16(15)17(21)24-19(22)23-14/h1-7H,8-11H2,(H4,21,22,23,24). The number of amides is 1. The molecular weight excluding hydrogens is 364 g/mol. The van der Waals surface area contributed by atoms with E-state index >= 15 is 0 Å². The van der Waals surface area contributed by atoms with Gasteiger partial charge < -0.3 is 21.3 Å². The lowest BCUT2D eigenvalue weighted by Crippen LogP contribution is -2.49. The fourth-order valence-corrected chi connectivity index (χ4v) is 3.65. The van der Waals surface area contributed by atoms with Gasteiger partial charge in [0.25, 0.3) is 5.91 Å². The first kappa shape index (κ1) is 17.4. The second-order valence-corrected chi connectivity index (χ2v) is 6.80. The van der Waals surface area contributed by atoms with Crippen LogP contribution in [0.4, 0.5) is 17.5 Å². The number of rotatable bonds is 2. The van der Waals surface area contributed by atoms with Crippen LogP contribution < -0.4 is 16.4 Å². The molecule has 27 heavy (non-hydrogen) atoms. The Bertz CT molecular complexity index is 1020. The number of hydrogen-bond acceptors (Lipinski definition) is 6. The molecule has 0 spiro atoms. The molecule has 4 rings (SSSR count). The third kappa shape index (κ3) is 3.21. The van der Waals surface area contributed by atoms with Crippen LogP contribution in [0.15, 0.2) is 42.5 Å². The van der Waals surface area contributed by atoms with Crippen molar-refractivity contribution in [3.8, 4) is 0 Å². The topological polar surface area (TPSA) is 101 Å². The number of carbonyl (C=O) groups excluding carboxylic acids is 1. The lowest BCUT2D eigenvalue weighted by Gasteiger charge is -2.36. The Hall–Kier alpha value is -3.06. The Balaban J connectivity index is 1.56. The molecule has 3 aromatic rings. The molecule has 1 saturated heterocycles. The predicted molar refractivity (Wildman–Crippen MR) is 108 cm³/mol. The van der Waals surface area contributed by atoms with Crippen molar-refractivity contribution in [3.63, 3.8) is 0 Å². The Labute approximate surface area is 161 Å². The van der Waals surface area contributed by atoms with Crippen molar-refractivity contribution in [1.29, 1.82) is 0 Å². The van der Waals surface area contributed by atoms with Gasteiger partial charge in [0, 0.05) is 26.2 Å². The van der Waals surface area contributed by atoms with Crippen LogP contribution in [0.1, 0.15) is 10.4 Å². The fourth-order valence-electron chi connectivity index (χ4n) is 3.43. The molecule has 1 aliphatic heterocycles. The van der Waals surface area contributed by atoms with Crippen molar-refractivity contribution in [2.45, 2.75) is 0 Å². The van der Waals surface area contributed by atoms with Crippen LogP contribution in [-0.2, 0) is 0 Å². The van der Waals surface area contributed by atoms with Crippen LogP contribution in [-0.4, -0.2) is 47.0 Å². The highest BCUT2D eigenvalue weighted by Gasteiger charge is 2.25. The van der Waals surface area contributed by atoms with Gasteiger partial charge in [-0.2, -0.15) is 4.98 Å². The maximum absolute atomic E-state index is 12.7. The van der Waals surface area contributed by atoms with E-state index in [1.807, 2.05) is 35.2 Å². The van der Waals surface area contributed by atoms with Crippen LogP contribution in [0.25, 0.3) is 10.9 Å². The number of carbonyl (C=O) groups is 1. The van der Waals surface area contributed by atoms with E-state index in [9.17, 15) is 4.79 Å². The number of piperazine rings is 1. The molecular formula is C19H19ClN6O. The molecule has 7 nitrogen and oxygen atoms in total. The van der Waals surface area contributed by atoms with Crippen LogP contribution in [0.2, 0.25) is 5.02 Å². The first-order valence-electron chi connectivity index (χ1n) is 8.65. The minimum atomic E-state index is -0.0474. The summed E-state index contributed by atoms with van der Waals surface area (Å²) >= 11 is 6.16. The van der Waals surface area contributed by atoms with Gasteiger partial charge in [-0.15, -0.1) is 0 Å². The number of hydrogen-bond donors (Lipinski definition) is 2. The fraction of sp³-hybridized carbons (Fsp3) is 0.211. The van der Waals surface area contributed by atoms with Crippen molar-refractivity contribution in [3.05, 3.63) is 53.1 Å². The summed E-state index contributed by atoms with van der Waals surface area (Å²) in [6, 6.07) is 12.9. The monoisotopic (exact) mass is 382 g/mol. The Kier molecular flexibility index (Phi) is 4.45. The van der Waals surface area contributed by atoms with E-state index in [-0.39, 0.29) is 11.9 Å². The highest BCUT2D eigenvalue weighted by atomic mass is 35.5. The molecule has 0 aliphatic carbocycles. The van der Waals surface area contributed by atoms with Gasteiger partial charge in [0.15, 0.2) is 0 Å². The van der Waals surface area contributed by atoms with E-state index in [4.69, 9.17) is 23.1 Å². The van der Waals surface area contributed by atoms with E-state index in [1.54, 1.807) is 12.1 Å². The average molecular weight is 383 g/mol. The normalized spacial score (nSPS) is 14.6. The third-order valence-corrected chi connectivity index (χ3v) is 5.09. The molecule has 2 aromatic carbocycles. The number of nitrogen functional groups attached to an aromatic ring is 2. The molecule has 2 heterocycles. The summed E-state index contributed by atoms with van der Waals surface area (Å²) in [5.74, 6) is 0.476. The first-order chi connectivity index (χ1) is 13.0. The van der Waals surface area contributed by atoms with E-state index in [0.717, 1.165) is 11.1 Å². The molecule has 0 bridgehead atoms. The zero-order valence-corrected chi connectivity index (χ0v) is 15.4. The summed E-state index contributed by atoms with van der Waals surface area (Å²) in [5.41, 5.74) is 14.0. The van der Waals surface area contributed by atoms with Crippen molar-refractivity contribution < 1.29 is 4.79 Å². The highest BCUT2D eigenvalue weighted by molar-refractivity contribution is 6.33. The van der Waals surface area contributed by atoms with Crippen molar-refractivity contribution >= 4 is 45.9 Å². The predicted octanol–water partition coefficient (Wildman–Crippen LogP) is 2.41. The largest absolute Gasteiger partial charge is 0.383 e. The summed E-state index contributed by atoms with van der Waals surface area (Å²) in [4.78, 5) is 25.1. The summed E-state index contributed by atoms with van der Waals surface area (Å²) in [6.07, 6.45) is 0. The van der Waals surface area contributed by atoms with Gasteiger partial charge in [-0.3, -0.25) is 4.79 Å². The minimum absolute atomic E-state index is 0.0474. The van der Waals surface area contributed by atoms with Crippen LogP contribution >= 0.6 is 11.6 Å². The molecule has 1 amide bonds. The van der Waals surface area contributed by atoms with Gasteiger partial charge in [-0.25, -0.2) is 4.98 Å². The third-order valence-electron chi connectivity index (χ3n) is 4.76. The minimum Gasteiger partial charge on any atom is -0.383 e. The van der Waals surface area contributed by atoms with E-state index < -0.39 is 0 Å². The molecule has 8 heteroatoms. The van der Waals surface area contributed by atoms with Crippen molar-refractivity contribution in [2.75, 3.05) is 42.5 Å². The lowest BCUT2D eigenvalue weighted by atomic mass is 10.1. The zero-order valence-electron chi connectivity index (χ0n) is 14.6. The second-order valence-electron chi connectivity index (χ2n) is 6.40. The average Bonchev–Trinajstić information content (AvgIpc) is 2.67. The molecule has 1 fully saturated rings. The van der Waals surface area contributed by atoms with E-state index in [0.29, 0.717) is 48.1 Å². The zero-order chi connectivity index (χ0) is 19.0. The summed E-state index contributed by atoms with van der Waals surface area (Å²) in [6.45, 7) is 2.55. The molecule has 0 saturated carbocycles. The summed E-state index contributed by atoms with van der Waals surface area (Å²) in [5, 5.41) is 1.26. The number of nitrogens with zero attached hydrogens (tertiary/aromatic N) is 4. The molecule has 0 radical (unpaired) electrons. The second kappa shape index (κ2) is 6.92. The first-order valence-corrected chi connectivity index (χ1v) is 9.03. The van der Waals surface area contributed by atoms with Gasteiger partial charge >= 0.3 is 0 Å². The molecule has 0 unspecified atom stereocenters. The van der Waals surface area contributed by atoms with Gasteiger partial charge in [-0.1, -0.05) is 29.8 Å².